The zero-order valence-corrected chi connectivity index (χ0v) is 11.2. The summed E-state index contributed by atoms with van der Waals surface area (Å²) in [7, 11) is 0. The van der Waals surface area contributed by atoms with Crippen molar-refractivity contribution in [2.75, 3.05) is 0 Å². The Hall–Kier alpha value is -2.87. The van der Waals surface area contributed by atoms with E-state index in [-0.39, 0.29) is 12.1 Å². The molecule has 24 heavy (non-hydrogen) atoms. The van der Waals surface area contributed by atoms with E-state index in [0.717, 1.165) is 12.1 Å². The van der Waals surface area contributed by atoms with Crippen LogP contribution in [0.1, 0.15) is 5.56 Å². The van der Waals surface area contributed by atoms with E-state index in [2.05, 4.69) is 9.73 Å². The lowest BCUT2D eigenvalue weighted by atomic mass is 10.2. The van der Waals surface area contributed by atoms with Crippen LogP contribution in [0.15, 0.2) is 29.3 Å². The van der Waals surface area contributed by atoms with E-state index >= 15 is 0 Å². The van der Waals surface area contributed by atoms with Crippen molar-refractivity contribution in [2.45, 2.75) is 6.18 Å². The van der Waals surface area contributed by atoms with E-state index in [1.54, 1.807) is 0 Å². The van der Waals surface area contributed by atoms with Gasteiger partial charge in [-0.05, 0) is 24.3 Å². The fraction of sp³-hybridized carbons (Fsp3) is 0.0714. The maximum absolute atomic E-state index is 13.7. The van der Waals surface area contributed by atoms with Crippen LogP contribution < -0.4 is 4.74 Å². The van der Waals surface area contributed by atoms with Gasteiger partial charge in [-0.3, -0.25) is 0 Å². The van der Waals surface area contributed by atoms with Crippen LogP contribution in [0.5, 0.6) is 11.5 Å². The predicted octanol–water partition coefficient (Wildman–Crippen LogP) is 5.02. The first kappa shape index (κ1) is 17.5. The quantitative estimate of drug-likeness (QED) is 0.442. The third-order valence-corrected chi connectivity index (χ3v) is 2.73. The van der Waals surface area contributed by atoms with E-state index in [4.69, 9.17) is 0 Å². The molecule has 2 aromatic carbocycles. The highest BCUT2D eigenvalue weighted by Gasteiger charge is 2.33. The van der Waals surface area contributed by atoms with Crippen molar-refractivity contribution in [3.05, 3.63) is 53.1 Å². The van der Waals surface area contributed by atoms with E-state index in [9.17, 15) is 35.5 Å². The second-order valence-electron chi connectivity index (χ2n) is 4.28. The molecule has 2 aromatic rings. The molecule has 0 atom stereocenters. The second kappa shape index (κ2) is 6.32. The monoisotopic (exact) mass is 351 g/mol. The number of halogens is 7. The van der Waals surface area contributed by atoms with Gasteiger partial charge in [0.05, 0.1) is 5.56 Å². The van der Waals surface area contributed by atoms with Gasteiger partial charge in [-0.1, -0.05) is 0 Å². The molecule has 0 amide bonds. The number of benzene rings is 2. The first-order valence-electron chi connectivity index (χ1n) is 5.95. The largest absolute Gasteiger partial charge is 0.446 e. The minimum Gasteiger partial charge on any atom is -0.446 e. The minimum absolute atomic E-state index is 0.0850. The van der Waals surface area contributed by atoms with Crippen LogP contribution in [-0.4, -0.2) is 6.08 Å². The number of aliphatic imine (C=N–C) groups is 1. The standard InChI is InChI=1S/C14H4F7NO2/c15-7-1-2-10(22-5-23)13(11(7)18)24-12-8(16)3-6(4-9(12)17)14(19,20)21/h1-4H. The Balaban J connectivity index is 2.57. The molecule has 0 fully saturated rings. The molecule has 0 aliphatic carbocycles. The maximum Gasteiger partial charge on any atom is 0.416 e. The van der Waals surface area contributed by atoms with E-state index in [0.29, 0.717) is 6.07 Å². The third-order valence-electron chi connectivity index (χ3n) is 2.73. The lowest BCUT2D eigenvalue weighted by Crippen LogP contribution is -2.07. The molecule has 0 aliphatic heterocycles. The lowest BCUT2D eigenvalue weighted by Gasteiger charge is -2.13. The number of rotatable bonds is 3. The zero-order valence-electron chi connectivity index (χ0n) is 11.2. The zero-order chi connectivity index (χ0) is 18.1. The summed E-state index contributed by atoms with van der Waals surface area (Å²) in [6.07, 6.45) is -4.05. The average molecular weight is 351 g/mol. The predicted molar refractivity (Wildman–Crippen MR) is 65.6 cm³/mol. The molecule has 0 saturated carbocycles. The summed E-state index contributed by atoms with van der Waals surface area (Å²) in [5.41, 5.74) is -2.31. The smallest absolute Gasteiger partial charge is 0.416 e. The Morgan fingerprint density at radius 3 is 2.00 bits per heavy atom. The number of hydrogen-bond acceptors (Lipinski definition) is 3. The molecule has 0 spiro atoms. The lowest BCUT2D eigenvalue weighted by molar-refractivity contribution is -0.138. The number of hydrogen-bond donors (Lipinski definition) is 0. The van der Waals surface area contributed by atoms with Crippen LogP contribution in [-0.2, 0) is 11.0 Å². The van der Waals surface area contributed by atoms with Crippen molar-refractivity contribution >= 4 is 11.8 Å². The van der Waals surface area contributed by atoms with Gasteiger partial charge >= 0.3 is 6.18 Å². The molecule has 0 heterocycles. The molecule has 0 bridgehead atoms. The van der Waals surface area contributed by atoms with Crippen LogP contribution in [0.3, 0.4) is 0 Å². The van der Waals surface area contributed by atoms with Gasteiger partial charge in [-0.25, -0.2) is 18.0 Å². The Morgan fingerprint density at radius 1 is 0.917 bits per heavy atom. The molecular formula is C14H4F7NO2. The van der Waals surface area contributed by atoms with Crippen molar-refractivity contribution in [1.82, 2.24) is 0 Å². The molecule has 0 unspecified atom stereocenters. The molecule has 0 aromatic heterocycles. The highest BCUT2D eigenvalue weighted by Crippen LogP contribution is 2.39. The molecule has 2 rings (SSSR count). The fourth-order valence-electron chi connectivity index (χ4n) is 1.68. The molecule has 0 saturated heterocycles. The highest BCUT2D eigenvalue weighted by molar-refractivity contribution is 5.59. The number of carbonyl (C=O) groups excluding carboxylic acids is 1. The van der Waals surface area contributed by atoms with Gasteiger partial charge in [-0.2, -0.15) is 22.6 Å². The van der Waals surface area contributed by atoms with Crippen LogP contribution in [0.25, 0.3) is 0 Å². The summed E-state index contributed by atoms with van der Waals surface area (Å²) < 4.78 is 96.1. The summed E-state index contributed by atoms with van der Waals surface area (Å²) in [6.45, 7) is 0. The first-order chi connectivity index (χ1) is 11.1. The number of nitrogens with zero attached hydrogens (tertiary/aromatic N) is 1. The molecule has 3 nitrogen and oxygen atoms in total. The number of isocyanates is 1. The second-order valence-corrected chi connectivity index (χ2v) is 4.28. The minimum atomic E-state index is -5.03. The van der Waals surface area contributed by atoms with E-state index in [1.807, 2.05) is 0 Å². The third kappa shape index (κ3) is 3.38. The molecule has 0 aliphatic rings. The molecule has 10 heteroatoms. The van der Waals surface area contributed by atoms with Gasteiger partial charge in [0, 0.05) is 0 Å². The molecule has 0 radical (unpaired) electrons. The van der Waals surface area contributed by atoms with Crippen LogP contribution in [0, 0.1) is 23.3 Å². The fourth-order valence-corrected chi connectivity index (χ4v) is 1.68. The van der Waals surface area contributed by atoms with Crippen molar-refractivity contribution in [3.8, 4) is 11.5 Å². The van der Waals surface area contributed by atoms with Crippen LogP contribution in [0.2, 0.25) is 0 Å². The van der Waals surface area contributed by atoms with Crippen molar-refractivity contribution in [3.63, 3.8) is 0 Å². The topological polar surface area (TPSA) is 38.7 Å². The molecule has 126 valence electrons. The summed E-state index contributed by atoms with van der Waals surface area (Å²) in [5.74, 6) is -9.47. The summed E-state index contributed by atoms with van der Waals surface area (Å²) in [5, 5.41) is 0. The van der Waals surface area contributed by atoms with Gasteiger partial charge in [-0.15, -0.1) is 0 Å². The Morgan fingerprint density at radius 2 is 1.50 bits per heavy atom. The number of alkyl halides is 3. The van der Waals surface area contributed by atoms with E-state index < -0.39 is 52.2 Å². The Labute approximate surface area is 129 Å². The first-order valence-corrected chi connectivity index (χ1v) is 5.95. The van der Waals surface area contributed by atoms with Crippen molar-refractivity contribution in [1.29, 1.82) is 0 Å². The van der Waals surface area contributed by atoms with E-state index in [1.165, 1.54) is 0 Å². The summed E-state index contributed by atoms with van der Waals surface area (Å²) in [4.78, 5) is 13.2. The van der Waals surface area contributed by atoms with Crippen LogP contribution in [0.4, 0.5) is 36.4 Å². The van der Waals surface area contributed by atoms with Crippen LogP contribution >= 0.6 is 0 Å². The highest BCUT2D eigenvalue weighted by atomic mass is 19.4. The van der Waals surface area contributed by atoms with Gasteiger partial charge in [0.15, 0.2) is 29.0 Å². The number of ether oxygens (including phenoxy) is 1. The molecular weight excluding hydrogens is 347 g/mol. The average Bonchev–Trinajstić information content (AvgIpc) is 2.48. The summed E-state index contributed by atoms with van der Waals surface area (Å²) in [6, 6.07) is 1.13. The van der Waals surface area contributed by atoms with Crippen molar-refractivity contribution < 1.29 is 40.3 Å². The van der Waals surface area contributed by atoms with Crippen molar-refractivity contribution in [2.24, 2.45) is 4.99 Å². The Bertz CT molecular complexity index is 819. The maximum atomic E-state index is 13.7. The molecule has 0 N–H and O–H groups in total. The summed E-state index contributed by atoms with van der Waals surface area (Å²) >= 11 is 0. The van der Waals surface area contributed by atoms with Gasteiger partial charge in [0.2, 0.25) is 11.9 Å². The van der Waals surface area contributed by atoms with Gasteiger partial charge in [0.1, 0.15) is 5.69 Å². The SMILES string of the molecule is O=C=Nc1ccc(F)c(F)c1Oc1c(F)cc(C(F)(F)F)cc1F. The van der Waals surface area contributed by atoms with Gasteiger partial charge in [0.25, 0.3) is 0 Å². The Kier molecular flexibility index (Phi) is 4.61. The normalized spacial score (nSPS) is 11.1. The van der Waals surface area contributed by atoms with Gasteiger partial charge < -0.3 is 4.74 Å².